The highest BCUT2D eigenvalue weighted by molar-refractivity contribution is 7.91. The van der Waals surface area contributed by atoms with Gasteiger partial charge in [-0.15, -0.1) is 4.40 Å². The van der Waals surface area contributed by atoms with E-state index in [1.165, 1.54) is 18.4 Å². The Morgan fingerprint density at radius 2 is 1.91 bits per heavy atom. The van der Waals surface area contributed by atoms with E-state index in [2.05, 4.69) is 4.40 Å². The number of esters is 1. The Bertz CT molecular complexity index is 1300. The minimum atomic E-state index is -3.49. The van der Waals surface area contributed by atoms with E-state index in [0.717, 1.165) is 5.69 Å². The van der Waals surface area contributed by atoms with Crippen LogP contribution >= 0.6 is 0 Å². The van der Waals surface area contributed by atoms with Crippen LogP contribution in [0.3, 0.4) is 0 Å². The normalized spacial score (nSPS) is 23.3. The van der Waals surface area contributed by atoms with Crippen molar-refractivity contribution in [3.05, 3.63) is 46.9 Å². The van der Waals surface area contributed by atoms with E-state index in [-0.39, 0.29) is 47.0 Å². The third-order valence-electron chi connectivity index (χ3n) is 5.75. The molecular formula is C20H23N3O7S2. The molecule has 1 aromatic rings. The number of Topliss-reactive ketones (excluding diaryl/α,β-unsaturated/α-hetero) is 1. The van der Waals surface area contributed by atoms with Crippen LogP contribution in [0.5, 0.6) is 0 Å². The van der Waals surface area contributed by atoms with Gasteiger partial charge in [0, 0.05) is 35.7 Å². The Morgan fingerprint density at radius 3 is 2.59 bits per heavy atom. The number of sulfone groups is 1. The summed E-state index contributed by atoms with van der Waals surface area (Å²) in [6, 6.07) is 1.48. The maximum absolute atomic E-state index is 12.7. The van der Waals surface area contributed by atoms with Crippen molar-refractivity contribution in [1.82, 2.24) is 9.47 Å². The minimum Gasteiger partial charge on any atom is -0.454 e. The molecule has 0 aliphatic carbocycles. The third kappa shape index (κ3) is 4.42. The molecule has 0 bridgehead atoms. The van der Waals surface area contributed by atoms with Crippen LogP contribution in [-0.4, -0.2) is 74.3 Å². The van der Waals surface area contributed by atoms with Crippen molar-refractivity contribution in [2.75, 3.05) is 30.4 Å². The summed E-state index contributed by atoms with van der Waals surface area (Å²) in [6.45, 7) is 3.28. The van der Waals surface area contributed by atoms with Gasteiger partial charge in [-0.05, 0) is 38.5 Å². The van der Waals surface area contributed by atoms with Gasteiger partial charge in [0.2, 0.25) is 5.78 Å². The van der Waals surface area contributed by atoms with Crippen LogP contribution in [0.15, 0.2) is 34.4 Å². The van der Waals surface area contributed by atoms with Gasteiger partial charge in [0.1, 0.15) is 5.84 Å². The van der Waals surface area contributed by atoms with Crippen LogP contribution in [0, 0.1) is 13.8 Å². The Hall–Kier alpha value is -2.73. The molecule has 3 aliphatic rings. The molecule has 0 saturated carbocycles. The van der Waals surface area contributed by atoms with Crippen LogP contribution in [-0.2, 0) is 29.4 Å². The van der Waals surface area contributed by atoms with Gasteiger partial charge in [-0.1, -0.05) is 0 Å². The second kappa shape index (κ2) is 8.00. The summed E-state index contributed by atoms with van der Waals surface area (Å²) in [5.74, 6) is -0.837. The predicted molar refractivity (Wildman–Crippen MR) is 117 cm³/mol. The lowest BCUT2D eigenvalue weighted by molar-refractivity contribution is -0.137. The monoisotopic (exact) mass is 481 g/mol. The molecule has 0 N–H and O–H groups in total. The SMILES string of the molecule is Cc1cc(C(=O)COC(=O)C2=CN3CCS(=O)(=O)N=C3C=C2)c(C)n1C1CCS(=O)(=O)C1. The van der Waals surface area contributed by atoms with E-state index in [9.17, 15) is 26.4 Å². The molecule has 172 valence electrons. The molecule has 1 unspecified atom stereocenters. The summed E-state index contributed by atoms with van der Waals surface area (Å²) in [7, 11) is -6.56. The third-order valence-corrected chi connectivity index (χ3v) is 8.67. The van der Waals surface area contributed by atoms with Gasteiger partial charge in [0.05, 0.1) is 22.8 Å². The topological polar surface area (TPSA) is 132 Å². The highest BCUT2D eigenvalue weighted by atomic mass is 32.2. The zero-order valence-electron chi connectivity index (χ0n) is 17.6. The molecular weight excluding hydrogens is 458 g/mol. The van der Waals surface area contributed by atoms with Crippen LogP contribution < -0.4 is 0 Å². The number of sulfonamides is 1. The standard InChI is InChI=1S/C20H23N3O7S2/c1-13-9-17(14(2)23(13)16-5-7-31(26,27)12-16)18(24)11-30-20(25)15-3-4-19-21-32(28,29)8-6-22(19)10-15/h3-4,9-10,16H,5-8,11-12H2,1-2H3. The zero-order chi connectivity index (χ0) is 23.3. The molecule has 32 heavy (non-hydrogen) atoms. The molecule has 1 fully saturated rings. The van der Waals surface area contributed by atoms with Crippen molar-refractivity contribution >= 4 is 37.4 Å². The molecule has 10 nitrogen and oxygen atoms in total. The Labute approximate surface area is 186 Å². The maximum atomic E-state index is 12.7. The largest absolute Gasteiger partial charge is 0.454 e. The highest BCUT2D eigenvalue weighted by Crippen LogP contribution is 2.29. The van der Waals surface area contributed by atoms with Gasteiger partial charge in [-0.3, -0.25) is 4.79 Å². The molecule has 0 amide bonds. The second-order valence-corrected chi connectivity index (χ2v) is 12.0. The molecule has 0 spiro atoms. The van der Waals surface area contributed by atoms with Gasteiger partial charge in [0.15, 0.2) is 16.4 Å². The lowest BCUT2D eigenvalue weighted by Gasteiger charge is -2.26. The fraction of sp³-hybridized carbons (Fsp3) is 0.450. The number of nitrogens with zero attached hydrogens (tertiary/aromatic N) is 3. The Kier molecular flexibility index (Phi) is 5.61. The number of carbonyl (C=O) groups excluding carboxylic acids is 2. The van der Waals surface area contributed by atoms with E-state index in [1.807, 2.05) is 11.5 Å². The van der Waals surface area contributed by atoms with Gasteiger partial charge in [0.25, 0.3) is 10.0 Å². The van der Waals surface area contributed by atoms with E-state index < -0.39 is 32.4 Å². The molecule has 1 aromatic heterocycles. The summed E-state index contributed by atoms with van der Waals surface area (Å²) in [5.41, 5.74) is 2.00. The van der Waals surface area contributed by atoms with Crippen molar-refractivity contribution in [3.63, 3.8) is 0 Å². The van der Waals surface area contributed by atoms with Crippen molar-refractivity contribution in [2.24, 2.45) is 4.40 Å². The predicted octanol–water partition coefficient (Wildman–Crippen LogP) is 0.688. The number of carbonyl (C=O) groups is 2. The number of aromatic nitrogens is 1. The van der Waals surface area contributed by atoms with E-state index in [0.29, 0.717) is 17.7 Å². The van der Waals surface area contributed by atoms with Crippen LogP contribution in [0.4, 0.5) is 0 Å². The highest BCUT2D eigenvalue weighted by Gasteiger charge is 2.32. The summed E-state index contributed by atoms with van der Waals surface area (Å²) in [5, 5.41) is 0. The number of ether oxygens (including phenoxy) is 1. The minimum absolute atomic E-state index is 0.0511. The van der Waals surface area contributed by atoms with Gasteiger partial charge < -0.3 is 14.2 Å². The lowest BCUT2D eigenvalue weighted by Crippen LogP contribution is -2.37. The summed E-state index contributed by atoms with van der Waals surface area (Å²) < 4.78 is 57.5. The molecule has 1 atom stereocenters. The first kappa shape index (κ1) is 22.5. The lowest BCUT2D eigenvalue weighted by atomic mass is 10.1. The van der Waals surface area contributed by atoms with Gasteiger partial charge >= 0.3 is 5.97 Å². The number of fused-ring (bicyclic) bond motifs is 1. The van der Waals surface area contributed by atoms with Gasteiger partial charge in [-0.2, -0.15) is 0 Å². The van der Waals surface area contributed by atoms with Crippen LogP contribution in [0.1, 0.15) is 34.2 Å². The molecule has 0 radical (unpaired) electrons. The molecule has 0 aromatic carbocycles. The molecule has 4 rings (SSSR count). The van der Waals surface area contributed by atoms with Crippen molar-refractivity contribution < 1.29 is 31.2 Å². The second-order valence-electron chi connectivity index (χ2n) is 8.06. The number of rotatable bonds is 5. The number of hydrogen-bond acceptors (Lipinski definition) is 8. The average molecular weight is 482 g/mol. The summed E-state index contributed by atoms with van der Waals surface area (Å²) in [6.07, 6.45) is 4.77. The molecule has 1 saturated heterocycles. The quantitative estimate of drug-likeness (QED) is 0.443. The molecule has 3 aliphatic heterocycles. The zero-order valence-corrected chi connectivity index (χ0v) is 19.3. The van der Waals surface area contributed by atoms with Gasteiger partial charge in [-0.25, -0.2) is 21.6 Å². The maximum Gasteiger partial charge on any atom is 0.340 e. The van der Waals surface area contributed by atoms with Crippen molar-refractivity contribution in [1.29, 1.82) is 0 Å². The first-order chi connectivity index (χ1) is 15.0. The fourth-order valence-electron chi connectivity index (χ4n) is 4.21. The number of aryl methyl sites for hydroxylation is 1. The van der Waals surface area contributed by atoms with E-state index in [1.54, 1.807) is 17.9 Å². The van der Waals surface area contributed by atoms with Crippen molar-refractivity contribution in [2.45, 2.75) is 26.3 Å². The average Bonchev–Trinajstić information content (AvgIpc) is 3.22. The number of hydrogen-bond donors (Lipinski definition) is 0. The Balaban J connectivity index is 1.43. The number of amidine groups is 1. The Morgan fingerprint density at radius 1 is 1.16 bits per heavy atom. The first-order valence-electron chi connectivity index (χ1n) is 10.0. The van der Waals surface area contributed by atoms with E-state index >= 15 is 0 Å². The number of ketones is 1. The van der Waals surface area contributed by atoms with Crippen LogP contribution in [0.25, 0.3) is 0 Å². The van der Waals surface area contributed by atoms with E-state index in [4.69, 9.17) is 4.74 Å². The summed E-state index contributed by atoms with van der Waals surface area (Å²) >= 11 is 0. The van der Waals surface area contributed by atoms with Crippen LogP contribution in [0.2, 0.25) is 0 Å². The first-order valence-corrected chi connectivity index (χ1v) is 13.5. The van der Waals surface area contributed by atoms with Crippen molar-refractivity contribution in [3.8, 4) is 0 Å². The summed E-state index contributed by atoms with van der Waals surface area (Å²) in [4.78, 5) is 26.7. The molecule has 12 heteroatoms. The molecule has 4 heterocycles. The fourth-order valence-corrected chi connectivity index (χ4v) is 6.88. The smallest absolute Gasteiger partial charge is 0.340 e.